The molecule has 0 aliphatic carbocycles. The lowest BCUT2D eigenvalue weighted by Gasteiger charge is -2.28. The Bertz CT molecular complexity index is 701. The van der Waals surface area contributed by atoms with Gasteiger partial charge in [-0.15, -0.1) is 0 Å². The Balaban J connectivity index is 6.21. The molecule has 0 heterocycles. The summed E-state index contributed by atoms with van der Waals surface area (Å²) in [5.74, 6) is 0. The third-order valence-electron chi connectivity index (χ3n) is 2.38. The Morgan fingerprint density at radius 1 is 0.875 bits per heavy atom. The molecule has 0 spiro atoms. The number of aliphatic hydroxyl groups excluding tert-OH is 3. The fourth-order valence-electron chi connectivity index (χ4n) is 0.990. The number of hydrogen-bond donors (Lipinski definition) is 4. The van der Waals surface area contributed by atoms with Crippen LogP contribution in [0.15, 0.2) is 0 Å². The van der Waals surface area contributed by atoms with Crippen LogP contribution < -0.4 is 0 Å². The summed E-state index contributed by atoms with van der Waals surface area (Å²) < 4.78 is 141. The molecule has 0 aliphatic heterocycles. The van der Waals surface area contributed by atoms with Gasteiger partial charge >= 0.3 is 15.8 Å². The van der Waals surface area contributed by atoms with E-state index in [-0.39, 0.29) is 0 Å². The lowest BCUT2D eigenvalue weighted by atomic mass is 10.7. The van der Waals surface area contributed by atoms with Crippen LogP contribution in [-0.4, -0.2) is 74.2 Å². The smallest absolute Gasteiger partial charge is 0.387 e. The SMILES string of the molecule is O=S(O)C(F)(F)C(O)S(=O)(=O)C(F)(F)C(O)S(=O)(=O)C(F)(F)CO. The van der Waals surface area contributed by atoms with Crippen molar-refractivity contribution >= 4 is 30.8 Å². The second-order valence-electron chi connectivity index (χ2n) is 3.96. The van der Waals surface area contributed by atoms with Crippen molar-refractivity contribution in [2.45, 2.75) is 26.6 Å². The van der Waals surface area contributed by atoms with Gasteiger partial charge in [0.25, 0.3) is 19.7 Å². The van der Waals surface area contributed by atoms with Crippen LogP contribution in [0, 0.1) is 0 Å². The van der Waals surface area contributed by atoms with Crippen molar-refractivity contribution in [2.24, 2.45) is 0 Å². The normalized spacial score (nSPS) is 18.9. The summed E-state index contributed by atoms with van der Waals surface area (Å²) in [6, 6.07) is 0. The van der Waals surface area contributed by atoms with E-state index in [1.807, 2.05) is 0 Å². The summed E-state index contributed by atoms with van der Waals surface area (Å²) in [5, 5.41) is 7.95. The second kappa shape index (κ2) is 6.65. The largest absolute Gasteiger partial charge is 0.389 e. The molecular formula is C6H8F6O9S3. The van der Waals surface area contributed by atoms with Crippen molar-refractivity contribution in [1.82, 2.24) is 0 Å². The van der Waals surface area contributed by atoms with Crippen LogP contribution in [0.3, 0.4) is 0 Å². The van der Waals surface area contributed by atoms with E-state index in [0.717, 1.165) is 0 Å². The van der Waals surface area contributed by atoms with E-state index in [4.69, 9.17) is 19.9 Å². The minimum absolute atomic E-state index is 2.68. The van der Waals surface area contributed by atoms with Gasteiger partial charge in [-0.25, -0.2) is 21.0 Å². The number of hydrogen-bond acceptors (Lipinski definition) is 8. The van der Waals surface area contributed by atoms with Crippen molar-refractivity contribution in [2.75, 3.05) is 6.61 Å². The van der Waals surface area contributed by atoms with Crippen molar-refractivity contribution < 1.29 is 67.3 Å². The summed E-state index contributed by atoms with van der Waals surface area (Å²) in [5.41, 5.74) is -9.63. The number of aliphatic hydroxyl groups is 3. The van der Waals surface area contributed by atoms with Gasteiger partial charge in [0.05, 0.1) is 0 Å². The monoisotopic (exact) mass is 434 g/mol. The van der Waals surface area contributed by atoms with Gasteiger partial charge in [0.1, 0.15) is 6.61 Å². The first-order valence-corrected chi connectivity index (χ1v) is 9.20. The van der Waals surface area contributed by atoms with Gasteiger partial charge < -0.3 is 19.9 Å². The van der Waals surface area contributed by atoms with Gasteiger partial charge in [0.2, 0.25) is 22.0 Å². The van der Waals surface area contributed by atoms with E-state index in [1.165, 1.54) is 0 Å². The molecule has 9 nitrogen and oxygen atoms in total. The van der Waals surface area contributed by atoms with Crippen molar-refractivity contribution in [3.05, 3.63) is 0 Å². The molecule has 0 saturated carbocycles. The molecule has 0 radical (unpaired) electrons. The highest BCUT2D eigenvalue weighted by molar-refractivity contribution is 7.97. The Morgan fingerprint density at radius 2 is 1.25 bits per heavy atom. The molecule has 3 unspecified atom stereocenters. The van der Waals surface area contributed by atoms with E-state index in [0.29, 0.717) is 0 Å². The third kappa shape index (κ3) is 3.53. The molecule has 0 aliphatic rings. The Hall–Kier alpha value is -0.530. The molecule has 3 atom stereocenters. The van der Waals surface area contributed by atoms with Crippen LogP contribution in [-0.2, 0) is 30.8 Å². The molecule has 0 amide bonds. The number of alkyl halides is 6. The first-order chi connectivity index (χ1) is 10.3. The molecule has 0 rings (SSSR count). The van der Waals surface area contributed by atoms with Gasteiger partial charge in [-0.05, 0) is 0 Å². The number of rotatable bonds is 8. The van der Waals surface area contributed by atoms with E-state index < -0.39 is 64.0 Å². The van der Waals surface area contributed by atoms with Crippen LogP contribution in [0.5, 0.6) is 0 Å². The summed E-state index contributed by atoms with van der Waals surface area (Å²) in [6.45, 7) is -2.68. The molecular weight excluding hydrogens is 426 g/mol. The van der Waals surface area contributed by atoms with Gasteiger partial charge in [-0.3, -0.25) is 0 Å². The molecule has 0 aromatic heterocycles. The highest BCUT2D eigenvalue weighted by Crippen LogP contribution is 2.40. The highest BCUT2D eigenvalue weighted by atomic mass is 32.2. The fourth-order valence-corrected chi connectivity index (χ4v) is 4.38. The highest BCUT2D eigenvalue weighted by Gasteiger charge is 2.69. The van der Waals surface area contributed by atoms with E-state index >= 15 is 0 Å². The molecule has 0 aromatic carbocycles. The molecule has 0 bridgehead atoms. The second-order valence-corrected chi connectivity index (χ2v) is 9.22. The van der Waals surface area contributed by atoms with Crippen LogP contribution >= 0.6 is 0 Å². The minimum Gasteiger partial charge on any atom is -0.389 e. The molecule has 0 fully saturated rings. The standard InChI is InChI=1S/C6H8F6O9S3/c7-4(8,1-13)23(18,19)3(15)6(11,12)24(20,21)2(14)5(9,10)22(16)17/h2-3,13-15H,1H2,(H,16,17). The summed E-state index contributed by atoms with van der Waals surface area (Å²) in [6.07, 6.45) is 0. The maximum absolute atomic E-state index is 13.5. The number of halogens is 6. The zero-order valence-corrected chi connectivity index (χ0v) is 13.1. The quantitative estimate of drug-likeness (QED) is 0.261. The first kappa shape index (κ1) is 23.5. The molecule has 0 aromatic rings. The fraction of sp³-hybridized carbons (Fsp3) is 1.00. The molecule has 146 valence electrons. The van der Waals surface area contributed by atoms with Gasteiger partial charge in [-0.2, -0.15) is 26.3 Å². The molecule has 4 N–H and O–H groups in total. The number of sulfone groups is 2. The maximum atomic E-state index is 13.5. The van der Waals surface area contributed by atoms with Gasteiger partial charge in [-0.1, -0.05) is 0 Å². The average molecular weight is 434 g/mol. The van der Waals surface area contributed by atoms with Crippen LogP contribution in [0.2, 0.25) is 0 Å². The maximum Gasteiger partial charge on any atom is 0.387 e. The lowest BCUT2D eigenvalue weighted by molar-refractivity contribution is -0.0348. The minimum atomic E-state index is -7.22. The lowest BCUT2D eigenvalue weighted by Crippen LogP contribution is -2.57. The zero-order chi connectivity index (χ0) is 19.9. The molecule has 24 heavy (non-hydrogen) atoms. The Labute approximate surface area is 132 Å². The average Bonchev–Trinajstić information content (AvgIpc) is 2.44. The Kier molecular flexibility index (Phi) is 6.50. The topological polar surface area (TPSA) is 166 Å². The zero-order valence-electron chi connectivity index (χ0n) is 10.7. The van der Waals surface area contributed by atoms with E-state index in [2.05, 4.69) is 0 Å². The third-order valence-corrected chi connectivity index (χ3v) is 7.07. The van der Waals surface area contributed by atoms with Gasteiger partial charge in [0, 0.05) is 0 Å². The van der Waals surface area contributed by atoms with E-state index in [1.54, 1.807) is 0 Å². The van der Waals surface area contributed by atoms with E-state index in [9.17, 15) is 47.4 Å². The predicted octanol–water partition coefficient (Wildman–Crippen LogP) is -1.55. The van der Waals surface area contributed by atoms with Crippen molar-refractivity contribution in [3.8, 4) is 0 Å². The summed E-state index contributed by atoms with van der Waals surface area (Å²) in [7, 11) is -14.1. The Morgan fingerprint density at radius 3 is 1.54 bits per heavy atom. The first-order valence-electron chi connectivity index (χ1n) is 5.00. The van der Waals surface area contributed by atoms with Crippen molar-refractivity contribution in [1.29, 1.82) is 0 Å². The predicted molar refractivity (Wildman–Crippen MR) is 62.6 cm³/mol. The van der Waals surface area contributed by atoms with Crippen molar-refractivity contribution in [3.63, 3.8) is 0 Å². The summed E-state index contributed by atoms with van der Waals surface area (Å²) >= 11 is -4.56. The molecule has 18 heteroatoms. The molecule has 0 saturated heterocycles. The van der Waals surface area contributed by atoms with Crippen LogP contribution in [0.25, 0.3) is 0 Å². The van der Waals surface area contributed by atoms with Crippen LogP contribution in [0.1, 0.15) is 0 Å². The van der Waals surface area contributed by atoms with Crippen LogP contribution in [0.4, 0.5) is 26.3 Å². The summed E-state index contributed by atoms with van der Waals surface area (Å²) in [4.78, 5) is 0. The van der Waals surface area contributed by atoms with Gasteiger partial charge in [0.15, 0.2) is 0 Å².